The summed E-state index contributed by atoms with van der Waals surface area (Å²) < 4.78 is 5.58. The summed E-state index contributed by atoms with van der Waals surface area (Å²) in [6, 6.07) is 15.2. The molecular weight excluding hydrogens is 250 g/mol. The number of benzene rings is 2. The van der Waals surface area contributed by atoms with Gasteiger partial charge in [-0.3, -0.25) is 0 Å². The molecule has 0 saturated carbocycles. The molecule has 0 saturated heterocycles. The van der Waals surface area contributed by atoms with Crippen LogP contribution in [0.1, 0.15) is 19.4 Å². The van der Waals surface area contributed by atoms with Gasteiger partial charge in [0.15, 0.2) is 0 Å². The molecule has 2 aromatic carbocycles. The second kappa shape index (κ2) is 4.67. The summed E-state index contributed by atoms with van der Waals surface area (Å²) in [6.45, 7) is 4.49. The van der Waals surface area contributed by atoms with Crippen LogP contribution in [0.5, 0.6) is 5.75 Å². The highest BCUT2D eigenvalue weighted by molar-refractivity contribution is 5.99. The van der Waals surface area contributed by atoms with Crippen molar-refractivity contribution in [2.24, 2.45) is 4.99 Å². The fraction of sp³-hybridized carbons (Fsp3) is 0.235. The van der Waals surface area contributed by atoms with Gasteiger partial charge in [-0.25, -0.2) is 4.99 Å². The fourth-order valence-electron chi connectivity index (χ4n) is 2.23. The molecular formula is C17H16NO2-. The van der Waals surface area contributed by atoms with Crippen LogP contribution >= 0.6 is 0 Å². The molecule has 1 aliphatic rings. The Morgan fingerprint density at radius 2 is 1.80 bits per heavy atom. The first-order chi connectivity index (χ1) is 9.55. The Bertz CT molecular complexity index is 660. The van der Waals surface area contributed by atoms with Crippen molar-refractivity contribution in [3.05, 3.63) is 54.1 Å². The summed E-state index contributed by atoms with van der Waals surface area (Å²) >= 11 is 0. The van der Waals surface area contributed by atoms with Gasteiger partial charge in [-0.05, 0) is 31.0 Å². The molecule has 0 unspecified atom stereocenters. The van der Waals surface area contributed by atoms with Gasteiger partial charge in [0, 0.05) is 5.56 Å². The van der Waals surface area contributed by atoms with Crippen molar-refractivity contribution < 1.29 is 9.84 Å². The number of aliphatic imine (C=N–C) groups is 1. The Hall–Kier alpha value is -2.29. The average molecular weight is 266 g/mol. The monoisotopic (exact) mass is 266 g/mol. The van der Waals surface area contributed by atoms with Crippen LogP contribution in [0.2, 0.25) is 0 Å². The van der Waals surface area contributed by atoms with E-state index in [9.17, 15) is 5.11 Å². The molecule has 0 fully saturated rings. The van der Waals surface area contributed by atoms with Crippen LogP contribution in [-0.2, 0) is 4.74 Å². The van der Waals surface area contributed by atoms with Gasteiger partial charge in [-0.15, -0.1) is 0 Å². The first-order valence-corrected chi connectivity index (χ1v) is 6.65. The van der Waals surface area contributed by atoms with Crippen LogP contribution in [0, 0.1) is 0 Å². The highest BCUT2D eigenvalue weighted by Crippen LogP contribution is 2.28. The zero-order chi connectivity index (χ0) is 14.2. The molecule has 20 heavy (non-hydrogen) atoms. The fourth-order valence-corrected chi connectivity index (χ4v) is 2.23. The van der Waals surface area contributed by atoms with Gasteiger partial charge in [-0.1, -0.05) is 48.2 Å². The standard InChI is InChI=1S/C17H17NO2/c1-17(2)11-20-16(18-17)14-10-13(8-9-15(14)19)12-6-4-3-5-7-12/h3-10,19H,11H2,1-2H3/p-1. The van der Waals surface area contributed by atoms with Gasteiger partial charge in [0.05, 0.1) is 5.54 Å². The van der Waals surface area contributed by atoms with Crippen LogP contribution < -0.4 is 5.11 Å². The van der Waals surface area contributed by atoms with E-state index in [1.54, 1.807) is 6.07 Å². The zero-order valence-corrected chi connectivity index (χ0v) is 11.6. The van der Waals surface area contributed by atoms with Gasteiger partial charge in [0.1, 0.15) is 6.61 Å². The molecule has 0 bridgehead atoms. The van der Waals surface area contributed by atoms with E-state index in [1.165, 1.54) is 0 Å². The molecule has 0 spiro atoms. The van der Waals surface area contributed by atoms with E-state index in [4.69, 9.17) is 4.74 Å². The Morgan fingerprint density at radius 3 is 2.45 bits per heavy atom. The second-order valence-electron chi connectivity index (χ2n) is 5.60. The van der Waals surface area contributed by atoms with Crippen LogP contribution in [0.3, 0.4) is 0 Å². The van der Waals surface area contributed by atoms with Gasteiger partial charge < -0.3 is 9.84 Å². The Balaban J connectivity index is 2.05. The maximum absolute atomic E-state index is 12.0. The maximum atomic E-state index is 12.0. The van der Waals surface area contributed by atoms with Gasteiger partial charge >= 0.3 is 0 Å². The lowest BCUT2D eigenvalue weighted by molar-refractivity contribution is -0.268. The van der Waals surface area contributed by atoms with Crippen LogP contribution in [0.25, 0.3) is 11.1 Å². The molecule has 0 radical (unpaired) electrons. The van der Waals surface area contributed by atoms with Crippen LogP contribution in [0.4, 0.5) is 0 Å². The van der Waals surface area contributed by atoms with E-state index >= 15 is 0 Å². The lowest BCUT2D eigenvalue weighted by atomic mass is 10.0. The molecule has 0 N–H and O–H groups in total. The van der Waals surface area contributed by atoms with Crippen molar-refractivity contribution in [3.8, 4) is 16.9 Å². The molecule has 0 aromatic heterocycles. The number of nitrogens with zero attached hydrogens (tertiary/aromatic N) is 1. The van der Waals surface area contributed by atoms with Crippen molar-refractivity contribution in [1.29, 1.82) is 0 Å². The third kappa shape index (κ3) is 2.39. The topological polar surface area (TPSA) is 44.6 Å². The molecule has 3 rings (SSSR count). The van der Waals surface area contributed by atoms with E-state index < -0.39 is 0 Å². The Kier molecular flexibility index (Phi) is 2.97. The molecule has 1 aliphatic heterocycles. The predicted molar refractivity (Wildman–Crippen MR) is 77.9 cm³/mol. The minimum atomic E-state index is -0.259. The van der Waals surface area contributed by atoms with Crippen molar-refractivity contribution >= 4 is 5.90 Å². The second-order valence-corrected chi connectivity index (χ2v) is 5.60. The lowest BCUT2D eigenvalue weighted by Gasteiger charge is -2.14. The van der Waals surface area contributed by atoms with Crippen molar-refractivity contribution in [1.82, 2.24) is 0 Å². The summed E-state index contributed by atoms with van der Waals surface area (Å²) in [4.78, 5) is 4.48. The summed E-state index contributed by atoms with van der Waals surface area (Å²) in [7, 11) is 0. The van der Waals surface area contributed by atoms with Gasteiger partial charge in [0.25, 0.3) is 0 Å². The minimum Gasteiger partial charge on any atom is -0.872 e. The quantitative estimate of drug-likeness (QED) is 0.838. The average Bonchev–Trinajstić information content (AvgIpc) is 2.80. The first kappa shape index (κ1) is 12.7. The van der Waals surface area contributed by atoms with E-state index in [2.05, 4.69) is 4.99 Å². The molecule has 0 aliphatic carbocycles. The van der Waals surface area contributed by atoms with Gasteiger partial charge in [-0.2, -0.15) is 0 Å². The summed E-state index contributed by atoms with van der Waals surface area (Å²) in [5.74, 6) is 0.402. The first-order valence-electron chi connectivity index (χ1n) is 6.65. The molecule has 102 valence electrons. The molecule has 1 heterocycles. The van der Waals surface area contributed by atoms with E-state index in [0.29, 0.717) is 18.1 Å². The Labute approximate surface area is 118 Å². The Morgan fingerprint density at radius 1 is 1.05 bits per heavy atom. The lowest BCUT2D eigenvalue weighted by Crippen LogP contribution is -2.17. The third-order valence-electron chi connectivity index (χ3n) is 3.28. The minimum absolute atomic E-state index is 0.0545. The molecule has 0 atom stereocenters. The predicted octanol–water partition coefficient (Wildman–Crippen LogP) is 2.98. The zero-order valence-electron chi connectivity index (χ0n) is 11.6. The normalized spacial score (nSPS) is 16.6. The molecule has 2 aromatic rings. The van der Waals surface area contributed by atoms with Crippen molar-refractivity contribution in [3.63, 3.8) is 0 Å². The highest BCUT2D eigenvalue weighted by Gasteiger charge is 2.27. The van der Waals surface area contributed by atoms with E-state index in [1.807, 2.05) is 56.3 Å². The maximum Gasteiger partial charge on any atom is 0.216 e. The highest BCUT2D eigenvalue weighted by atomic mass is 16.5. The largest absolute Gasteiger partial charge is 0.872 e. The number of rotatable bonds is 2. The molecule has 3 heteroatoms. The van der Waals surface area contributed by atoms with Crippen LogP contribution in [-0.4, -0.2) is 18.0 Å². The summed E-state index contributed by atoms with van der Waals surface area (Å²) in [5.41, 5.74) is 2.35. The number of hydrogen-bond acceptors (Lipinski definition) is 3. The van der Waals surface area contributed by atoms with Crippen LogP contribution in [0.15, 0.2) is 53.5 Å². The molecule has 0 amide bonds. The number of hydrogen-bond donors (Lipinski definition) is 0. The van der Waals surface area contributed by atoms with E-state index in [-0.39, 0.29) is 11.3 Å². The molecule has 3 nitrogen and oxygen atoms in total. The number of ether oxygens (including phenoxy) is 1. The smallest absolute Gasteiger partial charge is 0.216 e. The van der Waals surface area contributed by atoms with Crippen molar-refractivity contribution in [2.45, 2.75) is 19.4 Å². The third-order valence-corrected chi connectivity index (χ3v) is 3.28. The van der Waals surface area contributed by atoms with Gasteiger partial charge in [0.2, 0.25) is 5.90 Å². The van der Waals surface area contributed by atoms with E-state index in [0.717, 1.165) is 11.1 Å². The summed E-state index contributed by atoms with van der Waals surface area (Å²) in [6.07, 6.45) is 0. The SMILES string of the molecule is CC1(C)COC(c2cc(-c3ccccc3)ccc2[O-])=N1. The van der Waals surface area contributed by atoms with Crippen molar-refractivity contribution in [2.75, 3.05) is 6.61 Å². The summed E-state index contributed by atoms with van der Waals surface area (Å²) in [5, 5.41) is 12.0.